The van der Waals surface area contributed by atoms with E-state index in [1.165, 1.54) is 5.56 Å². The van der Waals surface area contributed by atoms with Crippen LogP contribution in [-0.2, 0) is 11.2 Å². The monoisotopic (exact) mass is 296 g/mol. The number of aryl methyl sites for hydroxylation is 2. The maximum Gasteiger partial charge on any atom is 0.225 e. The van der Waals surface area contributed by atoms with Gasteiger partial charge in [0.1, 0.15) is 0 Å². The summed E-state index contributed by atoms with van der Waals surface area (Å²) in [6.45, 7) is 5.62. The molecule has 0 aliphatic carbocycles. The summed E-state index contributed by atoms with van der Waals surface area (Å²) < 4.78 is 0. The fourth-order valence-electron chi connectivity index (χ4n) is 2.42. The number of carbonyl (C=O) groups is 1. The molecule has 0 saturated carbocycles. The topological polar surface area (TPSA) is 41.1 Å². The molecule has 2 N–H and O–H groups in total. The highest BCUT2D eigenvalue weighted by atomic mass is 16.1. The predicted octanol–water partition coefficient (Wildman–Crippen LogP) is 3.46. The molecule has 3 heteroatoms. The van der Waals surface area contributed by atoms with Crippen LogP contribution in [0.1, 0.15) is 23.1 Å². The maximum atomic E-state index is 12.0. The van der Waals surface area contributed by atoms with Crippen LogP contribution >= 0.6 is 0 Å². The van der Waals surface area contributed by atoms with Crippen molar-refractivity contribution in [3.05, 3.63) is 65.2 Å². The van der Waals surface area contributed by atoms with Gasteiger partial charge in [-0.25, -0.2) is 0 Å². The van der Waals surface area contributed by atoms with E-state index < -0.39 is 0 Å². The minimum atomic E-state index is 0.0598. The number of benzene rings is 2. The fraction of sp³-hybridized carbons (Fsp3) is 0.316. The van der Waals surface area contributed by atoms with Crippen LogP contribution in [-0.4, -0.2) is 19.0 Å². The van der Waals surface area contributed by atoms with Crippen molar-refractivity contribution in [3.8, 4) is 0 Å². The van der Waals surface area contributed by atoms with Crippen LogP contribution in [0.4, 0.5) is 5.69 Å². The number of anilines is 1. The van der Waals surface area contributed by atoms with Gasteiger partial charge in [-0.3, -0.25) is 4.79 Å². The first-order chi connectivity index (χ1) is 10.7. The molecule has 0 aromatic heterocycles. The summed E-state index contributed by atoms with van der Waals surface area (Å²) in [6.07, 6.45) is 1.47. The summed E-state index contributed by atoms with van der Waals surface area (Å²) in [5, 5.41) is 6.33. The molecule has 0 aliphatic rings. The summed E-state index contributed by atoms with van der Waals surface area (Å²) in [5.41, 5.74) is 4.46. The van der Waals surface area contributed by atoms with Gasteiger partial charge in [0.2, 0.25) is 5.91 Å². The molecule has 2 rings (SSSR count). The van der Waals surface area contributed by atoms with Gasteiger partial charge in [-0.2, -0.15) is 0 Å². The summed E-state index contributed by atoms with van der Waals surface area (Å²) in [6, 6.07) is 16.4. The van der Waals surface area contributed by atoms with Crippen LogP contribution in [0.3, 0.4) is 0 Å². The zero-order valence-electron chi connectivity index (χ0n) is 13.4. The Hall–Kier alpha value is -2.13. The number of para-hydroxylation sites is 1. The first-order valence-corrected chi connectivity index (χ1v) is 7.77. The van der Waals surface area contributed by atoms with E-state index in [0.717, 1.165) is 29.8 Å². The lowest BCUT2D eigenvalue weighted by atomic mass is 10.1. The Morgan fingerprint density at radius 3 is 2.27 bits per heavy atom. The van der Waals surface area contributed by atoms with E-state index in [1.807, 2.05) is 50.2 Å². The van der Waals surface area contributed by atoms with Gasteiger partial charge >= 0.3 is 0 Å². The summed E-state index contributed by atoms with van der Waals surface area (Å²) >= 11 is 0. The van der Waals surface area contributed by atoms with Crippen LogP contribution in [0.25, 0.3) is 0 Å². The van der Waals surface area contributed by atoms with E-state index in [0.29, 0.717) is 13.0 Å². The van der Waals surface area contributed by atoms with Crippen LogP contribution in [0.5, 0.6) is 0 Å². The van der Waals surface area contributed by atoms with Crippen LogP contribution in [0.2, 0.25) is 0 Å². The number of nitrogens with one attached hydrogen (secondary N) is 2. The zero-order chi connectivity index (χ0) is 15.8. The molecule has 0 aliphatic heterocycles. The minimum Gasteiger partial charge on any atom is -0.326 e. The number of amides is 1. The average Bonchev–Trinajstić information content (AvgIpc) is 2.52. The molecule has 3 nitrogen and oxygen atoms in total. The van der Waals surface area contributed by atoms with Crippen LogP contribution in [0.15, 0.2) is 48.5 Å². The summed E-state index contributed by atoms with van der Waals surface area (Å²) in [4.78, 5) is 12.0. The zero-order valence-corrected chi connectivity index (χ0v) is 13.4. The van der Waals surface area contributed by atoms with Crippen molar-refractivity contribution in [1.29, 1.82) is 0 Å². The second kappa shape index (κ2) is 8.35. The number of rotatable bonds is 7. The Bertz CT molecular complexity index is 588. The molecular formula is C19H24N2O. The van der Waals surface area contributed by atoms with Gasteiger partial charge in [0.25, 0.3) is 0 Å². The van der Waals surface area contributed by atoms with Gasteiger partial charge in [-0.15, -0.1) is 0 Å². The largest absolute Gasteiger partial charge is 0.326 e. The third-order valence-electron chi connectivity index (χ3n) is 3.71. The van der Waals surface area contributed by atoms with Crippen molar-refractivity contribution >= 4 is 11.6 Å². The standard InChI is InChI=1S/C19H24N2O/c1-15-7-6-8-16(2)19(15)21-18(22)12-14-20-13-11-17-9-4-3-5-10-17/h3-10,20H,11-14H2,1-2H3,(H,21,22). The molecule has 0 bridgehead atoms. The van der Waals surface area contributed by atoms with Crippen molar-refractivity contribution in [1.82, 2.24) is 5.32 Å². The molecule has 2 aromatic carbocycles. The van der Waals surface area contributed by atoms with Crippen LogP contribution in [0, 0.1) is 13.8 Å². The number of hydrogen-bond acceptors (Lipinski definition) is 2. The second-order valence-corrected chi connectivity index (χ2v) is 5.55. The molecule has 0 spiro atoms. The first kappa shape index (κ1) is 16.2. The second-order valence-electron chi connectivity index (χ2n) is 5.55. The molecule has 0 fully saturated rings. The SMILES string of the molecule is Cc1cccc(C)c1NC(=O)CCNCCc1ccccc1. The lowest BCUT2D eigenvalue weighted by molar-refractivity contribution is -0.116. The third-order valence-corrected chi connectivity index (χ3v) is 3.71. The van der Waals surface area contributed by atoms with Crippen LogP contribution < -0.4 is 10.6 Å². The van der Waals surface area contributed by atoms with Gasteiger partial charge in [0, 0.05) is 18.7 Å². The van der Waals surface area contributed by atoms with Crippen molar-refractivity contribution in [2.45, 2.75) is 26.7 Å². The van der Waals surface area contributed by atoms with E-state index in [9.17, 15) is 4.79 Å². The van der Waals surface area contributed by atoms with Crippen molar-refractivity contribution in [2.24, 2.45) is 0 Å². The van der Waals surface area contributed by atoms with Gasteiger partial charge in [-0.1, -0.05) is 48.5 Å². The van der Waals surface area contributed by atoms with E-state index >= 15 is 0 Å². The highest BCUT2D eigenvalue weighted by Crippen LogP contribution is 2.19. The molecule has 22 heavy (non-hydrogen) atoms. The normalized spacial score (nSPS) is 10.5. The van der Waals surface area contributed by atoms with Crippen molar-refractivity contribution in [3.63, 3.8) is 0 Å². The summed E-state index contributed by atoms with van der Waals surface area (Å²) in [5.74, 6) is 0.0598. The highest BCUT2D eigenvalue weighted by molar-refractivity contribution is 5.92. The fourth-order valence-corrected chi connectivity index (χ4v) is 2.42. The van der Waals surface area contributed by atoms with Crippen molar-refractivity contribution < 1.29 is 4.79 Å². The van der Waals surface area contributed by atoms with Gasteiger partial charge in [-0.05, 0) is 43.5 Å². The number of carbonyl (C=O) groups excluding carboxylic acids is 1. The predicted molar refractivity (Wildman–Crippen MR) is 92.2 cm³/mol. The smallest absolute Gasteiger partial charge is 0.225 e. The minimum absolute atomic E-state index is 0.0598. The first-order valence-electron chi connectivity index (χ1n) is 7.77. The van der Waals surface area contributed by atoms with E-state index in [4.69, 9.17) is 0 Å². The molecule has 1 amide bonds. The lowest BCUT2D eigenvalue weighted by Crippen LogP contribution is -2.24. The Balaban J connectivity index is 1.68. The quantitative estimate of drug-likeness (QED) is 0.768. The Morgan fingerprint density at radius 1 is 0.909 bits per heavy atom. The molecule has 2 aromatic rings. The molecule has 0 unspecified atom stereocenters. The average molecular weight is 296 g/mol. The van der Waals surface area contributed by atoms with Gasteiger partial charge in [0.15, 0.2) is 0 Å². The molecule has 0 atom stereocenters. The van der Waals surface area contributed by atoms with E-state index in [-0.39, 0.29) is 5.91 Å². The summed E-state index contributed by atoms with van der Waals surface area (Å²) in [7, 11) is 0. The highest BCUT2D eigenvalue weighted by Gasteiger charge is 2.06. The Morgan fingerprint density at radius 2 is 1.59 bits per heavy atom. The molecule has 0 radical (unpaired) electrons. The Kier molecular flexibility index (Phi) is 6.16. The van der Waals surface area contributed by atoms with E-state index in [1.54, 1.807) is 0 Å². The van der Waals surface area contributed by atoms with Crippen molar-refractivity contribution in [2.75, 3.05) is 18.4 Å². The number of hydrogen-bond donors (Lipinski definition) is 2. The molecule has 0 heterocycles. The maximum absolute atomic E-state index is 12.0. The molecule has 0 saturated heterocycles. The van der Waals surface area contributed by atoms with Gasteiger partial charge in [0.05, 0.1) is 0 Å². The lowest BCUT2D eigenvalue weighted by Gasteiger charge is -2.11. The Labute approximate surface area is 132 Å². The third kappa shape index (κ3) is 5.01. The van der Waals surface area contributed by atoms with E-state index in [2.05, 4.69) is 22.8 Å². The molecular weight excluding hydrogens is 272 g/mol. The van der Waals surface area contributed by atoms with Gasteiger partial charge < -0.3 is 10.6 Å². The molecule has 116 valence electrons.